The first-order valence-corrected chi connectivity index (χ1v) is 5.59. The lowest BCUT2D eigenvalue weighted by Gasteiger charge is -1.92. The smallest absolute Gasteiger partial charge is 0.196 e. The van der Waals surface area contributed by atoms with Crippen LogP contribution in [-0.4, -0.2) is 19.2 Å². The molecule has 61 valence electrons. The molecule has 0 aliphatic heterocycles. The first kappa shape index (κ1) is 8.67. The van der Waals surface area contributed by atoms with Gasteiger partial charge in [0.25, 0.3) is 0 Å². The summed E-state index contributed by atoms with van der Waals surface area (Å²) < 4.78 is 22.3. The molecule has 1 heterocycles. The zero-order valence-electron chi connectivity index (χ0n) is 6.07. The van der Waals surface area contributed by atoms with Crippen molar-refractivity contribution in [2.24, 2.45) is 0 Å². The average Bonchev–Trinajstić information content (AvgIpc) is 2.36. The summed E-state index contributed by atoms with van der Waals surface area (Å²) in [5, 5.41) is 2.20. The highest BCUT2D eigenvalue weighted by Gasteiger charge is 2.13. The number of thiazole rings is 1. The zero-order chi connectivity index (χ0) is 8.48. The molecule has 11 heavy (non-hydrogen) atoms. The first-order chi connectivity index (χ1) is 5.06. The van der Waals surface area contributed by atoms with Crippen LogP contribution in [0.4, 0.5) is 0 Å². The van der Waals surface area contributed by atoms with Crippen LogP contribution >= 0.6 is 11.3 Å². The Morgan fingerprint density at radius 3 is 2.73 bits per heavy atom. The highest BCUT2D eigenvalue weighted by Crippen LogP contribution is 2.14. The van der Waals surface area contributed by atoms with E-state index in [1.165, 1.54) is 16.7 Å². The topological polar surface area (TPSA) is 47.0 Å². The van der Waals surface area contributed by atoms with Gasteiger partial charge in [0.15, 0.2) is 14.9 Å². The number of hydrogen-bond acceptors (Lipinski definition) is 4. The molecule has 1 rings (SSSR count). The lowest BCUT2D eigenvalue weighted by molar-refractivity contribution is 0.594. The van der Waals surface area contributed by atoms with E-state index in [9.17, 15) is 8.42 Å². The Morgan fingerprint density at radius 1 is 1.73 bits per heavy atom. The predicted octanol–water partition coefficient (Wildman–Crippen LogP) is 1.12. The van der Waals surface area contributed by atoms with Crippen LogP contribution in [0, 0.1) is 6.92 Å². The second-order valence-corrected chi connectivity index (χ2v) is 5.15. The van der Waals surface area contributed by atoms with Crippen LogP contribution < -0.4 is 0 Å². The van der Waals surface area contributed by atoms with Crippen LogP contribution in [0.5, 0.6) is 0 Å². The number of rotatable bonds is 2. The third-order valence-corrected chi connectivity index (χ3v) is 3.69. The minimum Gasteiger partial charge on any atom is -0.230 e. The quantitative estimate of drug-likeness (QED) is 0.702. The number of sulfone groups is 1. The number of nitrogens with zero attached hydrogens (tertiary/aromatic N) is 1. The van der Waals surface area contributed by atoms with Crippen LogP contribution in [0.25, 0.3) is 0 Å². The van der Waals surface area contributed by atoms with Gasteiger partial charge in [-0.2, -0.15) is 0 Å². The van der Waals surface area contributed by atoms with E-state index in [0.717, 1.165) is 0 Å². The Morgan fingerprint density at radius 2 is 2.36 bits per heavy atom. The van der Waals surface area contributed by atoms with Crippen LogP contribution in [0.1, 0.15) is 11.9 Å². The van der Waals surface area contributed by atoms with Crippen molar-refractivity contribution < 1.29 is 8.42 Å². The standard InChI is InChI=1S/C6H8NO2S2/c1-3-11(8,9)6-4-10-5(2)7-6/h4H,2-3H2,1H3. The van der Waals surface area contributed by atoms with Crippen molar-refractivity contribution in [3.8, 4) is 0 Å². The summed E-state index contributed by atoms with van der Waals surface area (Å²) in [5.74, 6) is 0.0934. The Bertz CT molecular complexity index is 339. The molecule has 0 aromatic carbocycles. The fraction of sp³-hybridized carbons (Fsp3) is 0.333. The van der Waals surface area contributed by atoms with Crippen molar-refractivity contribution in [3.05, 3.63) is 17.3 Å². The predicted molar refractivity (Wildman–Crippen MR) is 44.3 cm³/mol. The molecule has 0 saturated carbocycles. The summed E-state index contributed by atoms with van der Waals surface area (Å²) in [4.78, 5) is 3.77. The SMILES string of the molecule is [CH2]c1nc(S(=O)(=O)CC)cs1. The maximum absolute atomic E-state index is 11.1. The van der Waals surface area contributed by atoms with Gasteiger partial charge in [-0.1, -0.05) is 6.92 Å². The summed E-state index contributed by atoms with van der Waals surface area (Å²) in [6, 6.07) is 0. The van der Waals surface area contributed by atoms with Gasteiger partial charge < -0.3 is 0 Å². The molecule has 1 aromatic rings. The van der Waals surface area contributed by atoms with Gasteiger partial charge in [-0.3, -0.25) is 0 Å². The van der Waals surface area contributed by atoms with Crippen molar-refractivity contribution >= 4 is 21.2 Å². The fourth-order valence-corrected chi connectivity index (χ4v) is 2.36. The molecule has 1 radical (unpaired) electrons. The van der Waals surface area contributed by atoms with Crippen molar-refractivity contribution in [2.75, 3.05) is 5.75 Å². The minimum absolute atomic E-state index is 0.0934. The van der Waals surface area contributed by atoms with E-state index in [2.05, 4.69) is 11.9 Å². The Hall–Kier alpha value is -0.420. The van der Waals surface area contributed by atoms with Crippen molar-refractivity contribution in [1.29, 1.82) is 0 Å². The van der Waals surface area contributed by atoms with Gasteiger partial charge in [-0.25, -0.2) is 13.4 Å². The Labute approximate surface area is 70.0 Å². The average molecular weight is 190 g/mol. The minimum atomic E-state index is -3.12. The third-order valence-electron chi connectivity index (χ3n) is 1.23. The molecule has 0 atom stereocenters. The highest BCUT2D eigenvalue weighted by molar-refractivity contribution is 7.91. The van der Waals surface area contributed by atoms with E-state index in [1.807, 2.05) is 0 Å². The van der Waals surface area contributed by atoms with E-state index in [4.69, 9.17) is 0 Å². The number of hydrogen-bond donors (Lipinski definition) is 0. The molecule has 5 heteroatoms. The molecule has 0 aliphatic rings. The first-order valence-electron chi connectivity index (χ1n) is 3.06. The molecule has 0 N–H and O–H groups in total. The second-order valence-electron chi connectivity index (χ2n) is 1.98. The molecule has 0 fully saturated rings. The maximum Gasteiger partial charge on any atom is 0.196 e. The highest BCUT2D eigenvalue weighted by atomic mass is 32.2. The van der Waals surface area contributed by atoms with E-state index >= 15 is 0 Å². The molecule has 3 nitrogen and oxygen atoms in total. The van der Waals surface area contributed by atoms with Gasteiger partial charge in [-0.15, -0.1) is 11.3 Å². The lowest BCUT2D eigenvalue weighted by Crippen LogP contribution is -2.03. The summed E-state index contributed by atoms with van der Waals surface area (Å²) in [6.45, 7) is 5.13. The van der Waals surface area contributed by atoms with Crippen LogP contribution in [0.2, 0.25) is 0 Å². The van der Waals surface area contributed by atoms with Crippen molar-refractivity contribution in [1.82, 2.24) is 4.98 Å². The van der Waals surface area contributed by atoms with Crippen molar-refractivity contribution in [2.45, 2.75) is 11.9 Å². The molecule has 0 spiro atoms. The second kappa shape index (κ2) is 2.91. The van der Waals surface area contributed by atoms with Crippen LogP contribution in [0.15, 0.2) is 10.4 Å². The van der Waals surface area contributed by atoms with Gasteiger partial charge >= 0.3 is 0 Å². The van der Waals surface area contributed by atoms with Gasteiger partial charge in [-0.05, 0) is 0 Å². The summed E-state index contributed by atoms with van der Waals surface area (Å²) in [5.41, 5.74) is 0. The Kier molecular flexibility index (Phi) is 2.29. The van der Waals surface area contributed by atoms with Gasteiger partial charge in [0.1, 0.15) is 0 Å². The third kappa shape index (κ3) is 1.78. The normalized spacial score (nSPS) is 11.8. The molecule has 0 amide bonds. The summed E-state index contributed by atoms with van der Waals surface area (Å²) in [7, 11) is -3.12. The van der Waals surface area contributed by atoms with E-state index in [0.29, 0.717) is 5.01 Å². The fourth-order valence-electron chi connectivity index (χ4n) is 0.585. The molecule has 1 aromatic heterocycles. The maximum atomic E-state index is 11.1. The molecule has 0 unspecified atom stereocenters. The summed E-state index contributed by atoms with van der Waals surface area (Å²) >= 11 is 1.25. The van der Waals surface area contributed by atoms with E-state index in [1.54, 1.807) is 6.92 Å². The zero-order valence-corrected chi connectivity index (χ0v) is 7.70. The summed E-state index contributed by atoms with van der Waals surface area (Å²) in [6.07, 6.45) is 0. The molecule has 0 saturated heterocycles. The lowest BCUT2D eigenvalue weighted by atomic mass is 10.8. The number of aromatic nitrogens is 1. The van der Waals surface area contributed by atoms with Gasteiger partial charge in [0, 0.05) is 12.3 Å². The molecular formula is C6H8NO2S2. The van der Waals surface area contributed by atoms with E-state index in [-0.39, 0.29) is 10.8 Å². The monoisotopic (exact) mass is 190 g/mol. The van der Waals surface area contributed by atoms with E-state index < -0.39 is 9.84 Å². The largest absolute Gasteiger partial charge is 0.230 e. The van der Waals surface area contributed by atoms with Crippen LogP contribution in [0.3, 0.4) is 0 Å². The van der Waals surface area contributed by atoms with Gasteiger partial charge in [0.05, 0.1) is 10.8 Å². The van der Waals surface area contributed by atoms with Gasteiger partial charge in [0.2, 0.25) is 0 Å². The van der Waals surface area contributed by atoms with Crippen molar-refractivity contribution in [3.63, 3.8) is 0 Å². The molecular weight excluding hydrogens is 182 g/mol. The van der Waals surface area contributed by atoms with Crippen LogP contribution in [-0.2, 0) is 9.84 Å². The molecule has 0 bridgehead atoms. The Balaban J connectivity index is 3.13. The molecule has 0 aliphatic carbocycles.